The van der Waals surface area contributed by atoms with Crippen molar-refractivity contribution in [3.63, 3.8) is 0 Å². The van der Waals surface area contributed by atoms with E-state index in [1.165, 1.54) is 6.33 Å². The normalized spacial score (nSPS) is 12.3. The third-order valence-corrected chi connectivity index (χ3v) is 3.42. The van der Waals surface area contributed by atoms with E-state index < -0.39 is 11.9 Å². The lowest BCUT2D eigenvalue weighted by molar-refractivity contribution is -0.138. The van der Waals surface area contributed by atoms with Gasteiger partial charge < -0.3 is 5.11 Å². The van der Waals surface area contributed by atoms with Crippen LogP contribution in [0.1, 0.15) is 24.2 Å². The number of carboxylic acids is 1. The molecule has 19 heavy (non-hydrogen) atoms. The molecule has 0 aliphatic heterocycles. The summed E-state index contributed by atoms with van der Waals surface area (Å²) in [7, 11) is 0. The van der Waals surface area contributed by atoms with Crippen molar-refractivity contribution in [1.82, 2.24) is 14.8 Å². The number of carbonyl (C=O) groups is 1. The molecule has 5 nitrogen and oxygen atoms in total. The third-order valence-electron chi connectivity index (χ3n) is 2.93. The molecule has 2 rings (SSSR count). The minimum Gasteiger partial charge on any atom is -0.481 e. The molecule has 1 atom stereocenters. The van der Waals surface area contributed by atoms with Gasteiger partial charge in [0.2, 0.25) is 0 Å². The number of carboxylic acid groups (broad SMARTS) is 1. The molecule has 6 heteroatoms. The van der Waals surface area contributed by atoms with Crippen molar-refractivity contribution in [3.8, 4) is 0 Å². The largest absolute Gasteiger partial charge is 0.481 e. The Hall–Kier alpha value is -1.69. The Labute approximate surface area is 119 Å². The Morgan fingerprint density at radius 1 is 1.53 bits per heavy atom. The molecule has 2 aromatic rings. The van der Waals surface area contributed by atoms with Crippen LogP contribution in [0, 0.1) is 0 Å². The molecule has 0 aliphatic rings. The molecule has 0 fully saturated rings. The second-order valence-electron chi connectivity index (χ2n) is 4.14. The first-order chi connectivity index (χ1) is 9.11. The Morgan fingerprint density at radius 3 is 2.95 bits per heavy atom. The summed E-state index contributed by atoms with van der Waals surface area (Å²) in [6.07, 6.45) is 1.79. The van der Waals surface area contributed by atoms with Gasteiger partial charge >= 0.3 is 5.97 Å². The minimum atomic E-state index is -0.858. The lowest BCUT2D eigenvalue weighted by atomic mass is 9.95. The van der Waals surface area contributed by atoms with Gasteiger partial charge in [0.25, 0.3) is 0 Å². The van der Waals surface area contributed by atoms with Crippen LogP contribution in [0.3, 0.4) is 0 Å². The number of hydrogen-bond donors (Lipinski definition) is 1. The maximum atomic E-state index is 11.5. The van der Waals surface area contributed by atoms with E-state index in [1.807, 2.05) is 31.2 Å². The topological polar surface area (TPSA) is 68.0 Å². The van der Waals surface area contributed by atoms with Crippen LogP contribution in [0.2, 0.25) is 0 Å². The first kappa shape index (κ1) is 13.7. The minimum absolute atomic E-state index is 0.333. The Bertz CT molecular complexity index is 583. The molecule has 0 radical (unpaired) electrons. The SMILES string of the molecule is CCn1ncnc1CC(C(=O)O)c1cccc(Br)c1. The number of aliphatic carboxylic acids is 1. The number of hydrogen-bond acceptors (Lipinski definition) is 3. The van der Waals surface area contributed by atoms with Gasteiger partial charge in [-0.15, -0.1) is 0 Å². The second-order valence-corrected chi connectivity index (χ2v) is 5.06. The third kappa shape index (κ3) is 3.20. The fourth-order valence-corrected chi connectivity index (χ4v) is 2.38. The van der Waals surface area contributed by atoms with Gasteiger partial charge in [-0.1, -0.05) is 28.1 Å². The van der Waals surface area contributed by atoms with Gasteiger partial charge in [-0.2, -0.15) is 5.10 Å². The van der Waals surface area contributed by atoms with Crippen LogP contribution < -0.4 is 0 Å². The highest BCUT2D eigenvalue weighted by atomic mass is 79.9. The molecule has 0 aliphatic carbocycles. The van der Waals surface area contributed by atoms with Gasteiger partial charge in [0.15, 0.2) is 0 Å². The highest BCUT2D eigenvalue weighted by molar-refractivity contribution is 9.10. The quantitative estimate of drug-likeness (QED) is 0.917. The van der Waals surface area contributed by atoms with Crippen LogP contribution >= 0.6 is 15.9 Å². The molecule has 0 spiro atoms. The predicted octanol–water partition coefficient (Wildman–Crippen LogP) is 2.47. The molecule has 100 valence electrons. The molecule has 1 heterocycles. The number of aryl methyl sites for hydroxylation is 1. The van der Waals surface area contributed by atoms with E-state index in [-0.39, 0.29) is 0 Å². The van der Waals surface area contributed by atoms with Crippen LogP contribution in [0.25, 0.3) is 0 Å². The van der Waals surface area contributed by atoms with Crippen LogP contribution in [0.15, 0.2) is 35.1 Å². The van der Waals surface area contributed by atoms with E-state index in [2.05, 4.69) is 26.0 Å². The molecule has 0 bridgehead atoms. The first-order valence-corrected chi connectivity index (χ1v) is 6.76. The first-order valence-electron chi connectivity index (χ1n) is 5.96. The molecule has 0 amide bonds. The average molecular weight is 324 g/mol. The van der Waals surface area contributed by atoms with Gasteiger partial charge in [0, 0.05) is 17.4 Å². The van der Waals surface area contributed by atoms with Crippen molar-refractivity contribution in [1.29, 1.82) is 0 Å². The van der Waals surface area contributed by atoms with Crippen molar-refractivity contribution in [2.45, 2.75) is 25.8 Å². The van der Waals surface area contributed by atoms with Gasteiger partial charge in [-0.05, 0) is 24.6 Å². The molecule has 1 N–H and O–H groups in total. The summed E-state index contributed by atoms with van der Waals surface area (Å²) in [6, 6.07) is 7.35. The van der Waals surface area contributed by atoms with Crippen molar-refractivity contribution in [2.75, 3.05) is 0 Å². The number of benzene rings is 1. The second kappa shape index (κ2) is 5.97. The zero-order valence-corrected chi connectivity index (χ0v) is 12.0. The number of aromatic nitrogens is 3. The van der Waals surface area contributed by atoms with E-state index in [0.717, 1.165) is 10.0 Å². The summed E-state index contributed by atoms with van der Waals surface area (Å²) >= 11 is 3.36. The van der Waals surface area contributed by atoms with Crippen molar-refractivity contribution >= 4 is 21.9 Å². The number of rotatable bonds is 5. The number of nitrogens with zero attached hydrogens (tertiary/aromatic N) is 3. The zero-order valence-electron chi connectivity index (χ0n) is 10.5. The zero-order chi connectivity index (χ0) is 13.8. The van der Waals surface area contributed by atoms with Gasteiger partial charge in [-0.3, -0.25) is 9.48 Å². The molecule has 0 saturated heterocycles. The van der Waals surface area contributed by atoms with Crippen LogP contribution in [0.4, 0.5) is 0 Å². The summed E-state index contributed by atoms with van der Waals surface area (Å²) in [5, 5.41) is 13.5. The molecular weight excluding hydrogens is 310 g/mol. The van der Waals surface area contributed by atoms with Gasteiger partial charge in [0.05, 0.1) is 5.92 Å². The molecular formula is C13H14BrN3O2. The summed E-state index contributed by atoms with van der Waals surface area (Å²) < 4.78 is 2.58. The summed E-state index contributed by atoms with van der Waals surface area (Å²) in [4.78, 5) is 15.6. The molecule has 0 saturated carbocycles. The highest BCUT2D eigenvalue weighted by Gasteiger charge is 2.22. The van der Waals surface area contributed by atoms with Crippen LogP contribution in [0.5, 0.6) is 0 Å². The van der Waals surface area contributed by atoms with Crippen LogP contribution in [-0.2, 0) is 17.8 Å². The lowest BCUT2D eigenvalue weighted by Gasteiger charge is -2.13. The molecule has 1 aromatic carbocycles. The predicted molar refractivity (Wildman–Crippen MR) is 73.9 cm³/mol. The maximum absolute atomic E-state index is 11.5. The monoisotopic (exact) mass is 323 g/mol. The van der Waals surface area contributed by atoms with Crippen molar-refractivity contribution in [3.05, 3.63) is 46.5 Å². The fourth-order valence-electron chi connectivity index (χ4n) is 1.96. The van der Waals surface area contributed by atoms with Gasteiger partial charge in [-0.25, -0.2) is 4.98 Å². The average Bonchev–Trinajstić information content (AvgIpc) is 2.82. The Kier molecular flexibility index (Phi) is 4.31. The maximum Gasteiger partial charge on any atom is 0.311 e. The van der Waals surface area contributed by atoms with E-state index in [1.54, 1.807) is 4.68 Å². The Balaban J connectivity index is 2.29. The standard InChI is InChI=1S/C13H14BrN3O2/c1-2-17-12(15-8-16-17)7-11(13(18)19)9-4-3-5-10(14)6-9/h3-6,8,11H,2,7H2,1H3,(H,18,19). The number of halogens is 1. The van der Waals surface area contributed by atoms with E-state index in [9.17, 15) is 9.90 Å². The fraction of sp³-hybridized carbons (Fsp3) is 0.308. The van der Waals surface area contributed by atoms with E-state index in [4.69, 9.17) is 0 Å². The van der Waals surface area contributed by atoms with E-state index >= 15 is 0 Å². The highest BCUT2D eigenvalue weighted by Crippen LogP contribution is 2.23. The van der Waals surface area contributed by atoms with Crippen molar-refractivity contribution in [2.24, 2.45) is 0 Å². The summed E-state index contributed by atoms with van der Waals surface area (Å²) in [5.74, 6) is -0.786. The van der Waals surface area contributed by atoms with Gasteiger partial charge in [0.1, 0.15) is 12.2 Å². The molecule has 1 aromatic heterocycles. The summed E-state index contributed by atoms with van der Waals surface area (Å²) in [5.41, 5.74) is 0.757. The Morgan fingerprint density at radius 2 is 2.32 bits per heavy atom. The van der Waals surface area contributed by atoms with E-state index in [0.29, 0.717) is 18.8 Å². The van der Waals surface area contributed by atoms with Crippen molar-refractivity contribution < 1.29 is 9.90 Å². The lowest BCUT2D eigenvalue weighted by Crippen LogP contribution is -2.17. The smallest absolute Gasteiger partial charge is 0.311 e. The molecule has 1 unspecified atom stereocenters. The summed E-state index contributed by atoms with van der Waals surface area (Å²) in [6.45, 7) is 2.63. The van der Waals surface area contributed by atoms with Crippen LogP contribution in [-0.4, -0.2) is 25.8 Å².